The van der Waals surface area contributed by atoms with E-state index in [2.05, 4.69) is 11.0 Å². The Morgan fingerprint density at radius 2 is 1.48 bits per heavy atom. The van der Waals surface area contributed by atoms with Crippen LogP contribution in [0.5, 0.6) is 5.75 Å². The first kappa shape index (κ1) is 20.9. The van der Waals surface area contributed by atoms with Crippen LogP contribution in [0, 0.1) is 6.92 Å². The zero-order valence-electron chi connectivity index (χ0n) is 15.7. The second kappa shape index (κ2) is 10.7. The Balaban J connectivity index is 1.99. The van der Waals surface area contributed by atoms with E-state index in [1.807, 2.05) is 42.2 Å². The number of aliphatic carboxylic acids is 1. The van der Waals surface area contributed by atoms with Crippen molar-refractivity contribution < 1.29 is 20.1 Å². The molecular weight excluding hydrogens is 344 g/mol. The van der Waals surface area contributed by atoms with Crippen LogP contribution in [0.1, 0.15) is 23.1 Å². The predicted octanol–water partition coefficient (Wildman–Crippen LogP) is 2.43. The lowest BCUT2D eigenvalue weighted by atomic mass is 10.1. The molecule has 2 aromatic rings. The summed E-state index contributed by atoms with van der Waals surface area (Å²) in [5.41, 5.74) is 3.09. The summed E-state index contributed by atoms with van der Waals surface area (Å²) in [6.45, 7) is 4.64. The first-order valence-electron chi connectivity index (χ1n) is 9.08. The summed E-state index contributed by atoms with van der Waals surface area (Å²) < 4.78 is 0. The number of carboxylic acid groups (broad SMARTS) is 1. The summed E-state index contributed by atoms with van der Waals surface area (Å²) in [5.74, 6) is -0.614. The maximum atomic E-state index is 11.0. The average molecular weight is 372 g/mol. The van der Waals surface area contributed by atoms with Crippen molar-refractivity contribution in [3.05, 3.63) is 65.2 Å². The van der Waals surface area contributed by atoms with E-state index in [0.29, 0.717) is 32.7 Å². The minimum absolute atomic E-state index is 0.0739. The molecule has 27 heavy (non-hydrogen) atoms. The third-order valence-corrected chi connectivity index (χ3v) is 4.62. The molecule has 0 aliphatic carbocycles. The SMILES string of the molecule is Cc1ccccc1CN(CCC(=O)O)CCN(CO)Cc1ccccc1O. The molecule has 0 fully saturated rings. The molecule has 0 spiro atoms. The van der Waals surface area contributed by atoms with E-state index in [4.69, 9.17) is 5.11 Å². The van der Waals surface area contributed by atoms with E-state index in [9.17, 15) is 15.0 Å². The van der Waals surface area contributed by atoms with E-state index >= 15 is 0 Å². The van der Waals surface area contributed by atoms with Crippen molar-refractivity contribution >= 4 is 5.97 Å². The predicted molar refractivity (Wildman–Crippen MR) is 104 cm³/mol. The Labute approximate surface area is 160 Å². The van der Waals surface area contributed by atoms with Gasteiger partial charge in [0.1, 0.15) is 5.75 Å². The number of para-hydroxylation sites is 1. The molecule has 0 aromatic heterocycles. The van der Waals surface area contributed by atoms with Crippen molar-refractivity contribution in [1.82, 2.24) is 9.80 Å². The number of nitrogens with zero attached hydrogens (tertiary/aromatic N) is 2. The second-order valence-electron chi connectivity index (χ2n) is 6.67. The van der Waals surface area contributed by atoms with Gasteiger partial charge in [-0.1, -0.05) is 42.5 Å². The minimum atomic E-state index is -0.821. The number of phenolic OH excluding ortho intramolecular Hbond substituents is 1. The zero-order valence-corrected chi connectivity index (χ0v) is 15.7. The van der Waals surface area contributed by atoms with Crippen LogP contribution in [0.4, 0.5) is 0 Å². The Morgan fingerprint density at radius 1 is 0.889 bits per heavy atom. The number of aromatic hydroxyl groups is 1. The highest BCUT2D eigenvalue weighted by molar-refractivity contribution is 5.66. The highest BCUT2D eigenvalue weighted by atomic mass is 16.4. The first-order valence-corrected chi connectivity index (χ1v) is 9.08. The molecule has 2 aromatic carbocycles. The van der Waals surface area contributed by atoms with E-state index in [-0.39, 0.29) is 18.9 Å². The molecule has 0 heterocycles. The fourth-order valence-corrected chi connectivity index (χ4v) is 2.92. The largest absolute Gasteiger partial charge is 0.508 e. The molecule has 0 radical (unpaired) electrons. The molecular formula is C21H28N2O4. The third-order valence-electron chi connectivity index (χ3n) is 4.62. The molecule has 0 aliphatic heterocycles. The van der Waals surface area contributed by atoms with E-state index in [1.54, 1.807) is 12.1 Å². The van der Waals surface area contributed by atoms with Gasteiger partial charge < -0.3 is 15.3 Å². The monoisotopic (exact) mass is 372 g/mol. The summed E-state index contributed by atoms with van der Waals surface area (Å²) in [6, 6.07) is 15.1. The number of carboxylic acids is 1. The van der Waals surface area contributed by atoms with Gasteiger partial charge in [-0.2, -0.15) is 0 Å². The van der Waals surface area contributed by atoms with E-state index < -0.39 is 5.97 Å². The number of phenols is 1. The Hall–Kier alpha value is -2.41. The van der Waals surface area contributed by atoms with Crippen molar-refractivity contribution in [3.8, 4) is 5.75 Å². The zero-order chi connectivity index (χ0) is 19.6. The van der Waals surface area contributed by atoms with E-state index in [1.165, 1.54) is 11.1 Å². The molecule has 146 valence electrons. The highest BCUT2D eigenvalue weighted by Crippen LogP contribution is 2.17. The van der Waals surface area contributed by atoms with Crippen LogP contribution < -0.4 is 0 Å². The maximum Gasteiger partial charge on any atom is 0.304 e. The first-order chi connectivity index (χ1) is 13.0. The number of aryl methyl sites for hydroxylation is 1. The van der Waals surface area contributed by atoms with Crippen molar-refractivity contribution in [2.24, 2.45) is 0 Å². The topological polar surface area (TPSA) is 84.2 Å². The molecule has 3 N–H and O–H groups in total. The van der Waals surface area contributed by atoms with Crippen LogP contribution in [-0.2, 0) is 17.9 Å². The number of hydrogen-bond donors (Lipinski definition) is 3. The lowest BCUT2D eigenvalue weighted by Gasteiger charge is -2.27. The van der Waals surface area contributed by atoms with Crippen LogP contribution >= 0.6 is 0 Å². The van der Waals surface area contributed by atoms with Crippen LogP contribution in [0.25, 0.3) is 0 Å². The molecule has 0 amide bonds. The van der Waals surface area contributed by atoms with Crippen LogP contribution in [0.15, 0.2) is 48.5 Å². The number of benzene rings is 2. The number of carbonyl (C=O) groups is 1. The molecule has 2 rings (SSSR count). The Morgan fingerprint density at radius 3 is 2.11 bits per heavy atom. The van der Waals surface area contributed by atoms with Gasteiger partial charge in [0.2, 0.25) is 0 Å². The van der Waals surface area contributed by atoms with E-state index in [0.717, 1.165) is 5.56 Å². The number of aliphatic hydroxyl groups is 1. The number of aliphatic hydroxyl groups excluding tert-OH is 1. The fraction of sp³-hybridized carbons (Fsp3) is 0.381. The lowest BCUT2D eigenvalue weighted by Crippen LogP contribution is -2.36. The molecule has 0 saturated heterocycles. The lowest BCUT2D eigenvalue weighted by molar-refractivity contribution is -0.137. The highest BCUT2D eigenvalue weighted by Gasteiger charge is 2.13. The Kier molecular flexibility index (Phi) is 8.26. The van der Waals surface area contributed by atoms with Gasteiger partial charge in [-0.25, -0.2) is 0 Å². The van der Waals surface area contributed by atoms with Crippen molar-refractivity contribution in [3.63, 3.8) is 0 Å². The van der Waals surface area contributed by atoms with Gasteiger partial charge in [0, 0.05) is 38.3 Å². The summed E-state index contributed by atoms with van der Waals surface area (Å²) in [5, 5.41) is 28.6. The van der Waals surface area contributed by atoms with Gasteiger partial charge in [-0.15, -0.1) is 0 Å². The van der Waals surface area contributed by atoms with Gasteiger partial charge in [0.05, 0.1) is 13.2 Å². The van der Waals surface area contributed by atoms with Crippen molar-refractivity contribution in [2.45, 2.75) is 26.4 Å². The van der Waals surface area contributed by atoms with Gasteiger partial charge in [0.15, 0.2) is 0 Å². The average Bonchev–Trinajstić information content (AvgIpc) is 2.65. The summed E-state index contributed by atoms with van der Waals surface area (Å²) in [7, 11) is 0. The molecule has 6 nitrogen and oxygen atoms in total. The summed E-state index contributed by atoms with van der Waals surface area (Å²) >= 11 is 0. The smallest absolute Gasteiger partial charge is 0.304 e. The quantitative estimate of drug-likeness (QED) is 0.526. The molecule has 0 bridgehead atoms. The summed E-state index contributed by atoms with van der Waals surface area (Å²) in [4.78, 5) is 14.9. The molecule has 0 aliphatic rings. The Bertz CT molecular complexity index is 736. The van der Waals surface area contributed by atoms with Gasteiger partial charge in [-0.3, -0.25) is 14.6 Å². The second-order valence-corrected chi connectivity index (χ2v) is 6.67. The van der Waals surface area contributed by atoms with Crippen LogP contribution in [0.3, 0.4) is 0 Å². The molecule has 6 heteroatoms. The standard InChI is InChI=1S/C21H28N2O4/c1-17-6-2-3-7-18(17)14-22(11-10-21(26)27)12-13-23(16-24)15-19-8-4-5-9-20(19)25/h2-9,24-25H,10-16H2,1H3,(H,26,27). The normalized spacial score (nSPS) is 11.3. The maximum absolute atomic E-state index is 11.0. The number of hydrogen-bond acceptors (Lipinski definition) is 5. The van der Waals surface area contributed by atoms with Crippen LogP contribution in [0.2, 0.25) is 0 Å². The van der Waals surface area contributed by atoms with Gasteiger partial charge in [0.25, 0.3) is 0 Å². The van der Waals surface area contributed by atoms with Crippen molar-refractivity contribution in [2.75, 3.05) is 26.4 Å². The molecule has 0 unspecified atom stereocenters. The third kappa shape index (κ3) is 7.02. The van der Waals surface area contributed by atoms with Gasteiger partial charge in [-0.05, 0) is 24.1 Å². The molecule has 0 atom stereocenters. The molecule has 0 saturated carbocycles. The fourth-order valence-electron chi connectivity index (χ4n) is 2.92. The van der Waals surface area contributed by atoms with Crippen molar-refractivity contribution in [1.29, 1.82) is 0 Å². The number of rotatable bonds is 11. The minimum Gasteiger partial charge on any atom is -0.508 e. The van der Waals surface area contributed by atoms with Crippen LogP contribution in [-0.4, -0.2) is 57.5 Å². The summed E-state index contributed by atoms with van der Waals surface area (Å²) in [6.07, 6.45) is 0.0739. The van der Waals surface area contributed by atoms with Gasteiger partial charge >= 0.3 is 5.97 Å².